The molecule has 0 spiro atoms. The van der Waals surface area contributed by atoms with Crippen molar-refractivity contribution in [1.29, 1.82) is 0 Å². The SMILES string of the molecule is COCCn1ncc(Cl)c1C(NN)c1ccc(I)c(Cl)c1. The van der Waals surface area contributed by atoms with Crippen molar-refractivity contribution in [3.05, 3.63) is 49.3 Å². The lowest BCUT2D eigenvalue weighted by Gasteiger charge is -2.19. The zero-order chi connectivity index (χ0) is 15.4. The van der Waals surface area contributed by atoms with E-state index >= 15 is 0 Å². The summed E-state index contributed by atoms with van der Waals surface area (Å²) in [6, 6.07) is 5.47. The summed E-state index contributed by atoms with van der Waals surface area (Å²) in [5, 5.41) is 5.48. The number of methoxy groups -OCH3 is 1. The average Bonchev–Trinajstić information content (AvgIpc) is 2.83. The van der Waals surface area contributed by atoms with E-state index in [9.17, 15) is 0 Å². The van der Waals surface area contributed by atoms with Gasteiger partial charge in [0.15, 0.2) is 0 Å². The van der Waals surface area contributed by atoms with E-state index in [0.29, 0.717) is 23.2 Å². The number of hydrogen-bond donors (Lipinski definition) is 2. The highest BCUT2D eigenvalue weighted by Crippen LogP contribution is 2.30. The normalized spacial score (nSPS) is 12.6. The molecule has 21 heavy (non-hydrogen) atoms. The molecule has 8 heteroatoms. The van der Waals surface area contributed by atoms with Crippen molar-refractivity contribution < 1.29 is 4.74 Å². The summed E-state index contributed by atoms with van der Waals surface area (Å²) in [7, 11) is 1.64. The quantitative estimate of drug-likeness (QED) is 0.411. The monoisotopic (exact) mass is 440 g/mol. The van der Waals surface area contributed by atoms with Crippen LogP contribution in [0.1, 0.15) is 17.3 Å². The molecule has 1 aromatic heterocycles. The van der Waals surface area contributed by atoms with Crippen molar-refractivity contribution in [3.8, 4) is 0 Å². The molecule has 2 rings (SSSR count). The number of nitrogens with zero attached hydrogens (tertiary/aromatic N) is 2. The van der Waals surface area contributed by atoms with Crippen molar-refractivity contribution in [3.63, 3.8) is 0 Å². The van der Waals surface area contributed by atoms with E-state index < -0.39 is 0 Å². The molecule has 0 saturated carbocycles. The van der Waals surface area contributed by atoms with Crippen LogP contribution < -0.4 is 11.3 Å². The number of nitrogens with one attached hydrogen (secondary N) is 1. The lowest BCUT2D eigenvalue weighted by molar-refractivity contribution is 0.182. The summed E-state index contributed by atoms with van der Waals surface area (Å²) in [5.74, 6) is 5.72. The van der Waals surface area contributed by atoms with Gasteiger partial charge in [-0.2, -0.15) is 5.10 Å². The molecule has 0 aliphatic rings. The fourth-order valence-corrected chi connectivity index (χ4v) is 2.81. The van der Waals surface area contributed by atoms with Gasteiger partial charge in [0.25, 0.3) is 0 Å². The van der Waals surface area contributed by atoms with Gasteiger partial charge in [-0.3, -0.25) is 10.5 Å². The van der Waals surface area contributed by atoms with Crippen LogP contribution in [0.2, 0.25) is 10.0 Å². The molecule has 114 valence electrons. The Balaban J connectivity index is 2.40. The first-order valence-corrected chi connectivity index (χ1v) is 8.03. The van der Waals surface area contributed by atoms with Crippen LogP contribution in [0.4, 0.5) is 0 Å². The van der Waals surface area contributed by atoms with Gasteiger partial charge in [-0.1, -0.05) is 29.3 Å². The molecule has 0 aliphatic heterocycles. The minimum absolute atomic E-state index is 0.300. The van der Waals surface area contributed by atoms with Gasteiger partial charge in [0.2, 0.25) is 0 Å². The second kappa shape index (κ2) is 7.75. The summed E-state index contributed by atoms with van der Waals surface area (Å²) in [4.78, 5) is 0. The van der Waals surface area contributed by atoms with Crippen LogP contribution in [0.25, 0.3) is 0 Å². The Labute approximate surface area is 146 Å². The fraction of sp³-hybridized carbons (Fsp3) is 0.308. The Morgan fingerprint density at radius 1 is 1.43 bits per heavy atom. The maximum absolute atomic E-state index is 6.26. The van der Waals surface area contributed by atoms with Gasteiger partial charge in [0.1, 0.15) is 0 Å². The number of rotatable bonds is 6. The molecule has 1 atom stereocenters. The Morgan fingerprint density at radius 3 is 2.81 bits per heavy atom. The first kappa shape index (κ1) is 17.0. The number of hydrogen-bond acceptors (Lipinski definition) is 4. The second-order valence-corrected chi connectivity index (χ2v) is 6.34. The molecule has 0 bridgehead atoms. The molecule has 1 unspecified atom stereocenters. The van der Waals surface area contributed by atoms with Crippen LogP contribution >= 0.6 is 45.8 Å². The number of halogens is 3. The van der Waals surface area contributed by atoms with Crippen molar-refractivity contribution >= 4 is 45.8 Å². The van der Waals surface area contributed by atoms with Gasteiger partial charge in [-0.15, -0.1) is 0 Å². The highest BCUT2D eigenvalue weighted by atomic mass is 127. The fourth-order valence-electron chi connectivity index (χ4n) is 2.04. The average molecular weight is 441 g/mol. The molecule has 5 nitrogen and oxygen atoms in total. The number of nitrogens with two attached hydrogens (primary N) is 1. The number of ether oxygens (including phenoxy) is 1. The van der Waals surface area contributed by atoms with E-state index in [2.05, 4.69) is 33.1 Å². The topological polar surface area (TPSA) is 65.1 Å². The summed E-state index contributed by atoms with van der Waals surface area (Å²) < 4.78 is 7.85. The van der Waals surface area contributed by atoms with Gasteiger partial charge in [0, 0.05) is 10.7 Å². The summed E-state index contributed by atoms with van der Waals surface area (Å²) >= 11 is 14.6. The molecule has 1 heterocycles. The van der Waals surface area contributed by atoms with Gasteiger partial charge < -0.3 is 4.74 Å². The maximum atomic E-state index is 6.26. The number of aromatic nitrogens is 2. The molecule has 1 aromatic carbocycles. The van der Waals surface area contributed by atoms with E-state index in [1.165, 1.54) is 0 Å². The van der Waals surface area contributed by atoms with Crippen molar-refractivity contribution in [2.24, 2.45) is 5.84 Å². The molecule has 2 aromatic rings. The molecule has 0 aliphatic carbocycles. The standard InChI is InChI=1S/C13H15Cl2IN4O/c1-21-5-4-20-13(10(15)7-18-20)12(19-17)8-2-3-11(16)9(14)6-8/h2-3,6-7,12,19H,4-5,17H2,1H3. The third-order valence-electron chi connectivity index (χ3n) is 3.06. The number of hydrazine groups is 1. The van der Waals surface area contributed by atoms with E-state index in [4.69, 9.17) is 33.8 Å². The Hall–Kier alpha value is -0.380. The zero-order valence-electron chi connectivity index (χ0n) is 11.3. The Kier molecular flexibility index (Phi) is 6.27. The predicted octanol–water partition coefficient (Wildman–Crippen LogP) is 2.99. The number of benzene rings is 1. The van der Waals surface area contributed by atoms with Gasteiger partial charge in [0.05, 0.1) is 41.1 Å². The van der Waals surface area contributed by atoms with Crippen LogP contribution in [0.3, 0.4) is 0 Å². The second-order valence-electron chi connectivity index (χ2n) is 4.37. The summed E-state index contributed by atoms with van der Waals surface area (Å²) in [5.41, 5.74) is 4.48. The summed E-state index contributed by atoms with van der Waals surface area (Å²) in [6.45, 7) is 1.13. The Bertz CT molecular complexity index is 620. The van der Waals surface area contributed by atoms with Crippen LogP contribution in [-0.2, 0) is 11.3 Å². The third-order valence-corrected chi connectivity index (χ3v) is 4.92. The first-order valence-electron chi connectivity index (χ1n) is 6.19. The third kappa shape index (κ3) is 3.88. The van der Waals surface area contributed by atoms with Crippen molar-refractivity contribution in [2.75, 3.05) is 13.7 Å². The van der Waals surface area contributed by atoms with E-state index in [0.717, 1.165) is 14.8 Å². The molecular formula is C13H15Cl2IN4O. The van der Waals surface area contributed by atoms with Gasteiger partial charge in [-0.25, -0.2) is 5.43 Å². The largest absolute Gasteiger partial charge is 0.383 e. The molecule has 0 amide bonds. The molecule has 0 radical (unpaired) electrons. The van der Waals surface area contributed by atoms with Crippen molar-refractivity contribution in [2.45, 2.75) is 12.6 Å². The lowest BCUT2D eigenvalue weighted by atomic mass is 10.0. The Morgan fingerprint density at radius 2 is 2.19 bits per heavy atom. The minimum Gasteiger partial charge on any atom is -0.383 e. The first-order chi connectivity index (χ1) is 10.1. The molecular weight excluding hydrogens is 426 g/mol. The predicted molar refractivity (Wildman–Crippen MR) is 92.4 cm³/mol. The highest BCUT2D eigenvalue weighted by Gasteiger charge is 2.21. The van der Waals surface area contributed by atoms with Crippen molar-refractivity contribution in [1.82, 2.24) is 15.2 Å². The van der Waals surface area contributed by atoms with Gasteiger partial charge >= 0.3 is 0 Å². The van der Waals surface area contributed by atoms with Crippen LogP contribution in [0.5, 0.6) is 0 Å². The molecule has 0 fully saturated rings. The van der Waals surface area contributed by atoms with Crippen LogP contribution in [-0.4, -0.2) is 23.5 Å². The lowest BCUT2D eigenvalue weighted by Crippen LogP contribution is -2.31. The smallest absolute Gasteiger partial charge is 0.0894 e. The van der Waals surface area contributed by atoms with E-state index in [1.807, 2.05) is 18.2 Å². The zero-order valence-corrected chi connectivity index (χ0v) is 15.0. The highest BCUT2D eigenvalue weighted by molar-refractivity contribution is 14.1. The van der Waals surface area contributed by atoms with E-state index in [-0.39, 0.29) is 6.04 Å². The summed E-state index contributed by atoms with van der Waals surface area (Å²) in [6.07, 6.45) is 1.60. The van der Waals surface area contributed by atoms with E-state index in [1.54, 1.807) is 18.0 Å². The van der Waals surface area contributed by atoms with Crippen LogP contribution in [0.15, 0.2) is 24.4 Å². The molecule has 0 saturated heterocycles. The maximum Gasteiger partial charge on any atom is 0.0894 e. The molecule has 3 N–H and O–H groups in total. The van der Waals surface area contributed by atoms with Gasteiger partial charge in [-0.05, 0) is 40.3 Å². The minimum atomic E-state index is -0.300. The van der Waals surface area contributed by atoms with Crippen LogP contribution in [0, 0.1) is 3.57 Å².